The van der Waals surface area contributed by atoms with Crippen molar-refractivity contribution in [1.82, 2.24) is 4.90 Å². The Morgan fingerprint density at radius 1 is 1.18 bits per heavy atom. The van der Waals surface area contributed by atoms with Crippen molar-refractivity contribution >= 4 is 30.0 Å². The van der Waals surface area contributed by atoms with E-state index < -0.39 is 0 Å². The molecule has 0 amide bonds. The molecule has 33 heavy (non-hydrogen) atoms. The van der Waals surface area contributed by atoms with Crippen LogP contribution in [0.15, 0.2) is 40.3 Å². The van der Waals surface area contributed by atoms with Gasteiger partial charge in [0.15, 0.2) is 12.6 Å². The third-order valence-electron chi connectivity index (χ3n) is 5.50. The van der Waals surface area contributed by atoms with Crippen LogP contribution in [0.3, 0.4) is 0 Å². The van der Waals surface area contributed by atoms with Gasteiger partial charge in [-0.2, -0.15) is 0 Å². The number of hydrogen-bond donors (Lipinski definition) is 0. The van der Waals surface area contributed by atoms with E-state index in [1.807, 2.05) is 19.9 Å². The number of aldehydes is 2. The smallest absolute Gasteiger partial charge is 0.153 e. The highest BCUT2D eigenvalue weighted by Gasteiger charge is 2.34. The van der Waals surface area contributed by atoms with E-state index in [4.69, 9.17) is 14.2 Å². The van der Waals surface area contributed by atoms with Gasteiger partial charge in [0.2, 0.25) is 0 Å². The van der Waals surface area contributed by atoms with Gasteiger partial charge in [-0.25, -0.2) is 0 Å². The molecule has 1 heterocycles. The Kier molecular flexibility index (Phi) is 11.2. The molecule has 7 heteroatoms. The van der Waals surface area contributed by atoms with Gasteiger partial charge in [-0.05, 0) is 63.5 Å². The molecule has 3 rings (SSSR count). The van der Waals surface area contributed by atoms with Crippen LogP contribution in [0.25, 0.3) is 5.70 Å². The maximum atomic E-state index is 11.2. The molecule has 0 radical (unpaired) electrons. The first-order valence-corrected chi connectivity index (χ1v) is 12.3. The first-order chi connectivity index (χ1) is 15.9. The van der Waals surface area contributed by atoms with Crippen molar-refractivity contribution in [3.8, 4) is 5.75 Å². The summed E-state index contributed by atoms with van der Waals surface area (Å²) >= 11 is 1.73. The maximum absolute atomic E-state index is 11.2. The highest BCUT2D eigenvalue weighted by atomic mass is 32.2. The van der Waals surface area contributed by atoms with Crippen molar-refractivity contribution in [2.24, 2.45) is 0 Å². The van der Waals surface area contributed by atoms with Gasteiger partial charge in [0.05, 0.1) is 18.3 Å². The van der Waals surface area contributed by atoms with Crippen LogP contribution in [0.2, 0.25) is 0 Å². The number of methoxy groups -OCH3 is 2. The summed E-state index contributed by atoms with van der Waals surface area (Å²) in [7, 11) is 5.49. The third kappa shape index (κ3) is 8.02. The van der Waals surface area contributed by atoms with Crippen LogP contribution >= 0.6 is 11.8 Å². The number of benzene rings is 1. The predicted octanol–water partition coefficient (Wildman–Crippen LogP) is 4.77. The fourth-order valence-electron chi connectivity index (χ4n) is 3.38. The lowest BCUT2D eigenvalue weighted by molar-refractivity contribution is -0.109. The highest BCUT2D eigenvalue weighted by molar-refractivity contribution is 8.00. The number of fused-ring (bicyclic) bond motifs is 1. The van der Waals surface area contributed by atoms with E-state index in [1.165, 1.54) is 12.8 Å². The Balaban J connectivity index is 0.000000696. The molecule has 0 spiro atoms. The minimum absolute atomic E-state index is 0.127. The normalized spacial score (nSPS) is 17.0. The summed E-state index contributed by atoms with van der Waals surface area (Å²) in [5, 5.41) is 0.127. The Hall–Kier alpha value is -2.09. The lowest BCUT2D eigenvalue weighted by Gasteiger charge is -2.33. The monoisotopic (exact) mass is 475 g/mol. The maximum Gasteiger partial charge on any atom is 0.153 e. The molecule has 0 aromatic heterocycles. The van der Waals surface area contributed by atoms with E-state index >= 15 is 0 Å². The van der Waals surface area contributed by atoms with E-state index in [1.54, 1.807) is 32.1 Å². The summed E-state index contributed by atoms with van der Waals surface area (Å²) in [4.78, 5) is 25.9. The van der Waals surface area contributed by atoms with Crippen LogP contribution < -0.4 is 4.74 Å². The minimum Gasteiger partial charge on any atom is -0.493 e. The average molecular weight is 476 g/mol. The largest absolute Gasteiger partial charge is 0.493 e. The van der Waals surface area contributed by atoms with Crippen LogP contribution in [0.5, 0.6) is 5.75 Å². The Morgan fingerprint density at radius 2 is 1.85 bits per heavy atom. The van der Waals surface area contributed by atoms with Crippen molar-refractivity contribution in [3.63, 3.8) is 0 Å². The van der Waals surface area contributed by atoms with Crippen molar-refractivity contribution in [2.75, 3.05) is 34.5 Å². The van der Waals surface area contributed by atoms with Crippen LogP contribution in [0.4, 0.5) is 0 Å². The Morgan fingerprint density at radius 3 is 2.39 bits per heavy atom. The number of carbonyl (C=O) groups excluding carboxylic acids is 2. The Labute approximate surface area is 202 Å². The number of ether oxygens (including phenoxy) is 3. The van der Waals surface area contributed by atoms with Crippen LogP contribution in [-0.2, 0) is 19.1 Å². The fraction of sp³-hybridized carbons (Fsp3) is 0.538. The van der Waals surface area contributed by atoms with Crippen LogP contribution in [-0.4, -0.2) is 69.3 Å². The van der Waals surface area contributed by atoms with E-state index in [0.717, 1.165) is 33.9 Å². The van der Waals surface area contributed by atoms with Gasteiger partial charge in [0.1, 0.15) is 5.75 Å². The molecule has 182 valence electrons. The molecule has 1 aliphatic heterocycles. The van der Waals surface area contributed by atoms with Gasteiger partial charge in [-0.15, -0.1) is 11.8 Å². The number of hydrogen-bond acceptors (Lipinski definition) is 7. The van der Waals surface area contributed by atoms with Crippen molar-refractivity contribution < 1.29 is 23.8 Å². The molecule has 0 N–H and O–H groups in total. The number of thioether (sulfide) groups is 1. The van der Waals surface area contributed by atoms with Crippen LogP contribution in [0.1, 0.15) is 45.6 Å². The zero-order chi connectivity index (χ0) is 24.4. The molecular formula is C26H37NO5S. The van der Waals surface area contributed by atoms with Gasteiger partial charge in [0.25, 0.3) is 0 Å². The average Bonchev–Trinajstić information content (AvgIpc) is 3.65. The number of rotatable bonds is 11. The third-order valence-corrected chi connectivity index (χ3v) is 6.70. The highest BCUT2D eigenvalue weighted by Crippen LogP contribution is 2.47. The molecule has 1 aromatic rings. The Bertz CT molecular complexity index is 850. The summed E-state index contributed by atoms with van der Waals surface area (Å²) in [5.41, 5.74) is 3.43. The van der Waals surface area contributed by atoms with E-state index in [0.29, 0.717) is 37.9 Å². The lowest BCUT2D eigenvalue weighted by atomic mass is 9.99. The number of carbonyl (C=O) groups is 2. The van der Waals surface area contributed by atoms with Crippen LogP contribution in [0, 0.1) is 0 Å². The second kappa shape index (κ2) is 13.6. The molecular weight excluding hydrogens is 438 g/mol. The van der Waals surface area contributed by atoms with E-state index in [2.05, 4.69) is 31.0 Å². The summed E-state index contributed by atoms with van der Waals surface area (Å²) in [5.74, 6) is 0.850. The second-order valence-electron chi connectivity index (χ2n) is 8.42. The minimum atomic E-state index is 0.127. The second-order valence-corrected chi connectivity index (χ2v) is 9.81. The van der Waals surface area contributed by atoms with E-state index in [-0.39, 0.29) is 10.8 Å². The first kappa shape index (κ1) is 27.2. The lowest BCUT2D eigenvalue weighted by Crippen LogP contribution is -2.25. The molecule has 1 aromatic carbocycles. The summed E-state index contributed by atoms with van der Waals surface area (Å²) in [6, 6.07) is 6.68. The summed E-state index contributed by atoms with van der Waals surface area (Å²) in [6.45, 7) is 7.41. The van der Waals surface area contributed by atoms with Crippen molar-refractivity contribution in [3.05, 3.63) is 41.0 Å². The zero-order valence-electron chi connectivity index (χ0n) is 20.6. The van der Waals surface area contributed by atoms with Gasteiger partial charge in [0, 0.05) is 61.7 Å². The molecule has 1 unspecified atom stereocenters. The van der Waals surface area contributed by atoms with Gasteiger partial charge in [-0.1, -0.05) is 0 Å². The molecule has 6 nitrogen and oxygen atoms in total. The summed E-state index contributed by atoms with van der Waals surface area (Å²) in [6.07, 6.45) is 6.56. The molecule has 0 bridgehead atoms. The van der Waals surface area contributed by atoms with Gasteiger partial charge >= 0.3 is 0 Å². The molecule has 1 aliphatic carbocycles. The summed E-state index contributed by atoms with van der Waals surface area (Å²) < 4.78 is 15.7. The number of nitrogens with zero attached hydrogens (tertiary/aromatic N) is 1. The first-order valence-electron chi connectivity index (χ1n) is 11.4. The van der Waals surface area contributed by atoms with Crippen molar-refractivity contribution in [1.29, 1.82) is 0 Å². The van der Waals surface area contributed by atoms with E-state index in [9.17, 15) is 9.59 Å². The number of allylic oxidation sites excluding steroid dienone is 2. The topological polar surface area (TPSA) is 65.1 Å². The SMILES string of the molecule is COC(C)C.COCCCOc1ccc2c(c1)SC(C)C(C=C(C=O)C=O)=C2N(C)C1CC1. The quantitative estimate of drug-likeness (QED) is 0.150. The van der Waals surface area contributed by atoms with Gasteiger partial charge in [-0.3, -0.25) is 9.59 Å². The van der Waals surface area contributed by atoms with Gasteiger partial charge < -0.3 is 19.1 Å². The molecule has 2 aliphatic rings. The zero-order valence-corrected chi connectivity index (χ0v) is 21.4. The molecule has 1 atom stereocenters. The standard InChI is InChI=1S/C22H27NO4S.C4H10O/c1-15-20(11-16(13-24)14-25)22(23(2)17-5-6-17)19-8-7-18(12-21(19)28-15)27-10-4-9-26-3;1-4(2)5-3/h7-8,11-15,17H,4-6,9-10H2,1-3H3;4H,1-3H3. The predicted molar refractivity (Wildman–Crippen MR) is 134 cm³/mol. The molecule has 0 saturated heterocycles. The fourth-order valence-corrected chi connectivity index (χ4v) is 4.54. The molecule has 1 fully saturated rings. The van der Waals surface area contributed by atoms with Crippen molar-refractivity contribution in [2.45, 2.75) is 62.3 Å². The molecule has 1 saturated carbocycles.